The Balaban J connectivity index is 2.89. The maximum absolute atomic E-state index is 13.1. The minimum absolute atomic E-state index is 0.0648. The molecule has 0 saturated carbocycles. The van der Waals surface area contributed by atoms with E-state index in [-0.39, 0.29) is 17.4 Å². The molecule has 0 bridgehead atoms. The van der Waals surface area contributed by atoms with Gasteiger partial charge in [0.1, 0.15) is 17.1 Å². The van der Waals surface area contributed by atoms with Crippen LogP contribution in [0.1, 0.15) is 31.1 Å². The number of ether oxygens (including phenoxy) is 1. The molecule has 1 amide bonds. The molecule has 1 atom stereocenters. The van der Waals surface area contributed by atoms with Crippen molar-refractivity contribution in [2.75, 3.05) is 0 Å². The van der Waals surface area contributed by atoms with Gasteiger partial charge in [0.2, 0.25) is 0 Å². The van der Waals surface area contributed by atoms with E-state index in [2.05, 4.69) is 5.32 Å². The summed E-state index contributed by atoms with van der Waals surface area (Å²) in [5, 5.41) is 11.6. The highest BCUT2D eigenvalue weighted by Gasteiger charge is 2.19. The summed E-state index contributed by atoms with van der Waals surface area (Å²) < 4.78 is 18.3. The monoisotopic (exact) mass is 269 g/mol. The molecule has 0 heterocycles. The van der Waals surface area contributed by atoms with Gasteiger partial charge in [-0.05, 0) is 32.9 Å². The number of hydrogen-bond acceptors (Lipinski definition) is 3. The second-order valence-electron chi connectivity index (χ2n) is 4.37. The predicted octanol–water partition coefficient (Wildman–Crippen LogP) is 1.82. The number of halogens is 1. The summed E-state index contributed by atoms with van der Waals surface area (Å²) in [5.74, 6) is -2.43. The Morgan fingerprint density at radius 2 is 1.95 bits per heavy atom. The fourth-order valence-corrected chi connectivity index (χ4v) is 1.42. The fourth-order valence-electron chi connectivity index (χ4n) is 1.42. The standard InChI is InChI=1S/C13H16FNO4/c1-7(2)15-12(16)8(3)19-11-6-9(14)4-5-10(11)13(17)18/h4-8H,1-3H3,(H,15,16)(H,17,18). The van der Waals surface area contributed by atoms with E-state index in [9.17, 15) is 14.0 Å². The Kier molecular flexibility index (Phi) is 4.86. The molecule has 104 valence electrons. The number of amides is 1. The molecule has 1 unspecified atom stereocenters. The van der Waals surface area contributed by atoms with E-state index in [1.165, 1.54) is 6.92 Å². The summed E-state index contributed by atoms with van der Waals surface area (Å²) in [4.78, 5) is 22.6. The van der Waals surface area contributed by atoms with Gasteiger partial charge < -0.3 is 15.2 Å². The van der Waals surface area contributed by atoms with Crippen LogP contribution in [0.4, 0.5) is 4.39 Å². The smallest absolute Gasteiger partial charge is 0.339 e. The Labute approximate surface area is 110 Å². The van der Waals surface area contributed by atoms with Gasteiger partial charge in [-0.2, -0.15) is 0 Å². The van der Waals surface area contributed by atoms with Crippen molar-refractivity contribution in [1.29, 1.82) is 0 Å². The summed E-state index contributed by atoms with van der Waals surface area (Å²) in [6, 6.07) is 3.00. The lowest BCUT2D eigenvalue weighted by Crippen LogP contribution is -2.40. The van der Waals surface area contributed by atoms with E-state index in [0.717, 1.165) is 18.2 Å². The minimum Gasteiger partial charge on any atom is -0.480 e. The highest BCUT2D eigenvalue weighted by Crippen LogP contribution is 2.21. The van der Waals surface area contributed by atoms with Crippen molar-refractivity contribution in [3.8, 4) is 5.75 Å². The molecule has 0 spiro atoms. The molecular formula is C13H16FNO4. The van der Waals surface area contributed by atoms with E-state index in [1.807, 2.05) is 0 Å². The highest BCUT2D eigenvalue weighted by molar-refractivity contribution is 5.91. The quantitative estimate of drug-likeness (QED) is 0.854. The topological polar surface area (TPSA) is 75.6 Å². The molecule has 0 aliphatic heterocycles. The molecule has 6 heteroatoms. The number of carbonyl (C=O) groups is 2. The largest absolute Gasteiger partial charge is 0.480 e. The van der Waals surface area contributed by atoms with Crippen molar-refractivity contribution >= 4 is 11.9 Å². The lowest BCUT2D eigenvalue weighted by atomic mass is 10.2. The lowest BCUT2D eigenvalue weighted by molar-refractivity contribution is -0.127. The first-order valence-corrected chi connectivity index (χ1v) is 5.81. The zero-order chi connectivity index (χ0) is 14.6. The van der Waals surface area contributed by atoms with Gasteiger partial charge in [-0.25, -0.2) is 9.18 Å². The molecule has 0 fully saturated rings. The number of carbonyl (C=O) groups excluding carboxylic acids is 1. The number of rotatable bonds is 5. The maximum atomic E-state index is 13.1. The van der Waals surface area contributed by atoms with Gasteiger partial charge in [0.05, 0.1) is 0 Å². The Bertz CT molecular complexity index is 488. The minimum atomic E-state index is -1.24. The molecule has 5 nitrogen and oxygen atoms in total. The van der Waals surface area contributed by atoms with Crippen molar-refractivity contribution in [2.24, 2.45) is 0 Å². The SMILES string of the molecule is CC(C)NC(=O)C(C)Oc1cc(F)ccc1C(=O)O. The van der Waals surface area contributed by atoms with E-state index in [4.69, 9.17) is 9.84 Å². The molecule has 0 saturated heterocycles. The highest BCUT2D eigenvalue weighted by atomic mass is 19.1. The molecule has 0 aromatic heterocycles. The van der Waals surface area contributed by atoms with Crippen LogP contribution >= 0.6 is 0 Å². The summed E-state index contributed by atoms with van der Waals surface area (Å²) in [6.45, 7) is 5.04. The van der Waals surface area contributed by atoms with Gasteiger partial charge in [-0.15, -0.1) is 0 Å². The predicted molar refractivity (Wildman–Crippen MR) is 66.7 cm³/mol. The molecule has 2 N–H and O–H groups in total. The third kappa shape index (κ3) is 4.24. The van der Waals surface area contributed by atoms with Crippen molar-refractivity contribution in [3.63, 3.8) is 0 Å². The van der Waals surface area contributed by atoms with Crippen molar-refractivity contribution in [1.82, 2.24) is 5.32 Å². The van der Waals surface area contributed by atoms with Crippen molar-refractivity contribution in [3.05, 3.63) is 29.6 Å². The summed E-state index contributed by atoms with van der Waals surface area (Å²) in [7, 11) is 0. The first kappa shape index (κ1) is 14.9. The molecule has 1 aromatic carbocycles. The summed E-state index contributed by atoms with van der Waals surface area (Å²) >= 11 is 0. The van der Waals surface area contributed by atoms with Crippen LogP contribution in [0.15, 0.2) is 18.2 Å². The van der Waals surface area contributed by atoms with Crippen LogP contribution in [0.5, 0.6) is 5.75 Å². The van der Waals surface area contributed by atoms with Gasteiger partial charge >= 0.3 is 5.97 Å². The van der Waals surface area contributed by atoms with E-state index in [1.54, 1.807) is 13.8 Å². The number of carboxylic acid groups (broad SMARTS) is 1. The van der Waals surface area contributed by atoms with Crippen LogP contribution in [0, 0.1) is 5.82 Å². The normalized spacial score (nSPS) is 12.1. The number of benzene rings is 1. The van der Waals surface area contributed by atoms with Gasteiger partial charge in [-0.1, -0.05) is 0 Å². The number of aromatic carboxylic acids is 1. The second-order valence-corrected chi connectivity index (χ2v) is 4.37. The summed E-state index contributed by atoms with van der Waals surface area (Å²) in [5.41, 5.74) is -0.189. The zero-order valence-corrected chi connectivity index (χ0v) is 10.9. The van der Waals surface area contributed by atoms with Crippen LogP contribution in [-0.2, 0) is 4.79 Å². The third-order valence-electron chi connectivity index (χ3n) is 2.28. The molecule has 0 aliphatic rings. The van der Waals surface area contributed by atoms with Crippen LogP contribution in [0.25, 0.3) is 0 Å². The van der Waals surface area contributed by atoms with Crippen LogP contribution in [0.3, 0.4) is 0 Å². The third-order valence-corrected chi connectivity index (χ3v) is 2.28. The van der Waals surface area contributed by atoms with Crippen LogP contribution in [-0.4, -0.2) is 29.1 Å². The Hall–Kier alpha value is -2.11. The first-order valence-electron chi connectivity index (χ1n) is 5.81. The summed E-state index contributed by atoms with van der Waals surface area (Å²) in [6.07, 6.45) is -0.915. The fraction of sp³-hybridized carbons (Fsp3) is 0.385. The second kappa shape index (κ2) is 6.17. The van der Waals surface area contributed by atoms with Gasteiger partial charge in [0.15, 0.2) is 6.10 Å². The van der Waals surface area contributed by atoms with Gasteiger partial charge in [0, 0.05) is 12.1 Å². The number of carboxylic acids is 1. The first-order chi connectivity index (χ1) is 8.81. The molecular weight excluding hydrogens is 253 g/mol. The van der Waals surface area contributed by atoms with E-state index in [0.29, 0.717) is 0 Å². The van der Waals surface area contributed by atoms with Gasteiger partial charge in [-0.3, -0.25) is 4.79 Å². The van der Waals surface area contributed by atoms with E-state index < -0.39 is 23.8 Å². The number of nitrogens with one attached hydrogen (secondary N) is 1. The van der Waals surface area contributed by atoms with Gasteiger partial charge in [0.25, 0.3) is 5.91 Å². The van der Waals surface area contributed by atoms with Crippen LogP contribution in [0.2, 0.25) is 0 Å². The van der Waals surface area contributed by atoms with Crippen molar-refractivity contribution in [2.45, 2.75) is 32.9 Å². The molecule has 1 aromatic rings. The van der Waals surface area contributed by atoms with Crippen molar-refractivity contribution < 1.29 is 23.8 Å². The Morgan fingerprint density at radius 1 is 1.32 bits per heavy atom. The molecule has 0 radical (unpaired) electrons. The maximum Gasteiger partial charge on any atom is 0.339 e. The lowest BCUT2D eigenvalue weighted by Gasteiger charge is -2.17. The Morgan fingerprint density at radius 3 is 2.47 bits per heavy atom. The molecule has 19 heavy (non-hydrogen) atoms. The molecule has 1 rings (SSSR count). The van der Waals surface area contributed by atoms with Crippen LogP contribution < -0.4 is 10.1 Å². The molecule has 0 aliphatic carbocycles. The average Bonchev–Trinajstić information content (AvgIpc) is 2.27. The zero-order valence-electron chi connectivity index (χ0n) is 10.9. The van der Waals surface area contributed by atoms with E-state index >= 15 is 0 Å². The number of hydrogen-bond donors (Lipinski definition) is 2. The average molecular weight is 269 g/mol.